The fraction of sp³-hybridized carbons (Fsp3) is 0.278. The Morgan fingerprint density at radius 2 is 1.52 bits per heavy atom. The highest BCUT2D eigenvalue weighted by Crippen LogP contribution is 2.32. The fourth-order valence-electron chi connectivity index (χ4n) is 1.67. The van der Waals surface area contributed by atoms with Crippen molar-refractivity contribution in [1.29, 1.82) is 0 Å². The Kier molecular flexibility index (Phi) is 4.79. The second-order valence-electron chi connectivity index (χ2n) is 5.85. The molecule has 2 N–H and O–H groups in total. The number of phenols is 2. The van der Waals surface area contributed by atoms with Crippen LogP contribution >= 0.6 is 0 Å². The first-order chi connectivity index (χ1) is 10.8. The number of phenolic OH excluding ortho intramolecular Hbond substituents is 2. The zero-order valence-corrected chi connectivity index (χ0v) is 13.4. The molecule has 0 aliphatic rings. The van der Waals surface area contributed by atoms with Crippen molar-refractivity contribution in [2.45, 2.75) is 27.2 Å². The lowest BCUT2D eigenvalue weighted by atomic mass is 9.91. The van der Waals surface area contributed by atoms with E-state index in [0.29, 0.717) is 23.7 Å². The Balaban J connectivity index is 2.04. The average Bonchev–Trinajstić information content (AvgIpc) is 2.52. The molecule has 0 fully saturated rings. The van der Waals surface area contributed by atoms with Crippen LogP contribution in [0.4, 0.5) is 0 Å². The van der Waals surface area contributed by atoms with Gasteiger partial charge in [0.25, 0.3) is 0 Å². The third-order valence-electron chi connectivity index (χ3n) is 3.65. The highest BCUT2D eigenvalue weighted by atomic mass is 16.5. The summed E-state index contributed by atoms with van der Waals surface area (Å²) in [6.45, 7) is 5.61. The van der Waals surface area contributed by atoms with Crippen molar-refractivity contribution in [1.82, 2.24) is 0 Å². The summed E-state index contributed by atoms with van der Waals surface area (Å²) in [7, 11) is 0. The molecule has 2 aromatic carbocycles. The van der Waals surface area contributed by atoms with Crippen molar-refractivity contribution in [2.75, 3.05) is 0 Å². The van der Waals surface area contributed by atoms with E-state index >= 15 is 0 Å². The Bertz CT molecular complexity index is 689. The van der Waals surface area contributed by atoms with E-state index in [1.54, 1.807) is 24.3 Å². The molecule has 0 atom stereocenters. The van der Waals surface area contributed by atoms with Gasteiger partial charge in [-0.05, 0) is 56.7 Å². The summed E-state index contributed by atoms with van der Waals surface area (Å²) in [5.41, 5.74) is -0.529. The predicted octanol–water partition coefficient (Wildman–Crippen LogP) is 4.23. The molecule has 0 saturated heterocycles. The molecule has 0 spiro atoms. The van der Waals surface area contributed by atoms with E-state index in [4.69, 9.17) is 9.47 Å². The summed E-state index contributed by atoms with van der Waals surface area (Å²) < 4.78 is 10.9. The van der Waals surface area contributed by atoms with Gasteiger partial charge >= 0.3 is 5.97 Å². The van der Waals surface area contributed by atoms with Crippen LogP contribution in [0.5, 0.6) is 28.7 Å². The van der Waals surface area contributed by atoms with Gasteiger partial charge in [0, 0.05) is 6.07 Å². The van der Waals surface area contributed by atoms with Crippen molar-refractivity contribution in [3.63, 3.8) is 0 Å². The molecule has 0 saturated carbocycles. The zero-order chi connectivity index (χ0) is 17.0. The quantitative estimate of drug-likeness (QED) is 0.490. The number of rotatable bonds is 5. The van der Waals surface area contributed by atoms with Gasteiger partial charge in [-0.15, -0.1) is 0 Å². The Labute approximate surface area is 135 Å². The highest BCUT2D eigenvalue weighted by molar-refractivity contribution is 5.78. The lowest BCUT2D eigenvalue weighted by Crippen LogP contribution is -2.28. The van der Waals surface area contributed by atoms with Gasteiger partial charge in [0.2, 0.25) is 0 Å². The monoisotopic (exact) mass is 316 g/mol. The van der Waals surface area contributed by atoms with Crippen LogP contribution in [0.25, 0.3) is 0 Å². The van der Waals surface area contributed by atoms with Crippen LogP contribution in [0, 0.1) is 5.41 Å². The lowest BCUT2D eigenvalue weighted by molar-refractivity contribution is -0.144. The molecule has 0 heterocycles. The maximum Gasteiger partial charge on any atom is 0.316 e. The van der Waals surface area contributed by atoms with E-state index in [9.17, 15) is 15.0 Å². The molecule has 0 aromatic heterocycles. The molecule has 2 aromatic rings. The highest BCUT2D eigenvalue weighted by Gasteiger charge is 2.27. The third-order valence-corrected chi connectivity index (χ3v) is 3.65. The average molecular weight is 316 g/mol. The van der Waals surface area contributed by atoms with E-state index in [1.165, 1.54) is 18.2 Å². The Hall–Kier alpha value is -2.69. The third kappa shape index (κ3) is 4.16. The molecular weight excluding hydrogens is 296 g/mol. The first kappa shape index (κ1) is 16.7. The summed E-state index contributed by atoms with van der Waals surface area (Å²) in [6.07, 6.45) is 0.692. The second kappa shape index (κ2) is 6.60. The minimum atomic E-state index is -0.529. The number of ether oxygens (including phenoxy) is 2. The minimum Gasteiger partial charge on any atom is -0.504 e. The maximum absolute atomic E-state index is 12.0. The van der Waals surface area contributed by atoms with E-state index in [-0.39, 0.29) is 17.5 Å². The first-order valence-corrected chi connectivity index (χ1v) is 7.34. The molecule has 0 bridgehead atoms. The van der Waals surface area contributed by atoms with Crippen molar-refractivity contribution in [3.05, 3.63) is 42.5 Å². The maximum atomic E-state index is 12.0. The second-order valence-corrected chi connectivity index (χ2v) is 5.85. The van der Waals surface area contributed by atoms with Gasteiger partial charge < -0.3 is 19.7 Å². The zero-order valence-electron chi connectivity index (χ0n) is 13.4. The summed E-state index contributed by atoms with van der Waals surface area (Å²) in [5.74, 6) is 0.601. The normalized spacial score (nSPS) is 11.1. The van der Waals surface area contributed by atoms with Crippen LogP contribution in [-0.2, 0) is 4.79 Å². The Morgan fingerprint density at radius 1 is 0.957 bits per heavy atom. The van der Waals surface area contributed by atoms with Gasteiger partial charge in [-0.3, -0.25) is 4.79 Å². The lowest BCUT2D eigenvalue weighted by Gasteiger charge is -2.20. The number of benzene rings is 2. The van der Waals surface area contributed by atoms with Gasteiger partial charge in [-0.25, -0.2) is 0 Å². The number of carbonyl (C=O) groups excluding carboxylic acids is 1. The van der Waals surface area contributed by atoms with Crippen LogP contribution in [0.2, 0.25) is 0 Å². The summed E-state index contributed by atoms with van der Waals surface area (Å²) >= 11 is 0. The number of esters is 1. The van der Waals surface area contributed by atoms with Crippen molar-refractivity contribution in [2.24, 2.45) is 5.41 Å². The summed E-state index contributed by atoms with van der Waals surface area (Å²) in [4.78, 5) is 12.0. The first-order valence-electron chi connectivity index (χ1n) is 7.34. The molecule has 0 unspecified atom stereocenters. The largest absolute Gasteiger partial charge is 0.504 e. The number of hydrogen-bond acceptors (Lipinski definition) is 5. The number of hydrogen-bond donors (Lipinski definition) is 2. The van der Waals surface area contributed by atoms with Crippen molar-refractivity contribution < 1.29 is 24.5 Å². The molecule has 0 aliphatic carbocycles. The van der Waals surface area contributed by atoms with E-state index in [1.807, 2.05) is 20.8 Å². The molecule has 5 nitrogen and oxygen atoms in total. The molecule has 122 valence electrons. The number of carbonyl (C=O) groups is 1. The van der Waals surface area contributed by atoms with Crippen LogP contribution in [0.1, 0.15) is 27.2 Å². The molecule has 0 radical (unpaired) electrons. The number of aromatic hydroxyl groups is 2. The van der Waals surface area contributed by atoms with Crippen molar-refractivity contribution >= 4 is 5.97 Å². The fourth-order valence-corrected chi connectivity index (χ4v) is 1.67. The van der Waals surface area contributed by atoms with Gasteiger partial charge in [-0.1, -0.05) is 6.92 Å². The summed E-state index contributed by atoms with van der Waals surface area (Å²) in [6, 6.07) is 10.8. The SMILES string of the molecule is CCC(C)(C)C(=O)Oc1ccc(Oc2ccc(O)c(O)c2)cc1. The van der Waals surface area contributed by atoms with Crippen LogP contribution in [0.3, 0.4) is 0 Å². The standard InChI is InChI=1S/C18H20O5/c1-4-18(2,3)17(21)23-13-7-5-12(6-8-13)22-14-9-10-15(19)16(20)11-14/h5-11,19-20H,4H2,1-3H3. The molecule has 23 heavy (non-hydrogen) atoms. The smallest absolute Gasteiger partial charge is 0.316 e. The molecule has 5 heteroatoms. The molecule has 0 aliphatic heterocycles. The van der Waals surface area contributed by atoms with Gasteiger partial charge in [-0.2, -0.15) is 0 Å². The van der Waals surface area contributed by atoms with Gasteiger partial charge in [0.05, 0.1) is 5.41 Å². The van der Waals surface area contributed by atoms with Crippen LogP contribution in [0.15, 0.2) is 42.5 Å². The van der Waals surface area contributed by atoms with E-state index < -0.39 is 5.41 Å². The molecular formula is C18H20O5. The van der Waals surface area contributed by atoms with Gasteiger partial charge in [0.15, 0.2) is 11.5 Å². The van der Waals surface area contributed by atoms with E-state index in [0.717, 1.165) is 0 Å². The predicted molar refractivity (Wildman–Crippen MR) is 86.0 cm³/mol. The Morgan fingerprint density at radius 3 is 2.09 bits per heavy atom. The topological polar surface area (TPSA) is 76.0 Å². The van der Waals surface area contributed by atoms with Crippen LogP contribution in [-0.4, -0.2) is 16.2 Å². The van der Waals surface area contributed by atoms with Crippen molar-refractivity contribution in [3.8, 4) is 28.7 Å². The van der Waals surface area contributed by atoms with E-state index in [2.05, 4.69) is 0 Å². The molecule has 0 amide bonds. The van der Waals surface area contributed by atoms with Gasteiger partial charge in [0.1, 0.15) is 17.2 Å². The molecule has 2 rings (SSSR count). The summed E-state index contributed by atoms with van der Waals surface area (Å²) in [5, 5.41) is 18.7. The minimum absolute atomic E-state index is 0.210. The van der Waals surface area contributed by atoms with Crippen LogP contribution < -0.4 is 9.47 Å².